The van der Waals surface area contributed by atoms with Crippen LogP contribution in [0.15, 0.2) is 36.7 Å². The first-order chi connectivity index (χ1) is 16.7. The summed E-state index contributed by atoms with van der Waals surface area (Å²) in [5.41, 5.74) is 1.88. The van der Waals surface area contributed by atoms with E-state index in [0.717, 1.165) is 35.7 Å². The van der Waals surface area contributed by atoms with Crippen molar-refractivity contribution in [3.8, 4) is 0 Å². The number of aromatic nitrogens is 4. The van der Waals surface area contributed by atoms with Crippen molar-refractivity contribution in [1.82, 2.24) is 19.6 Å². The lowest BCUT2D eigenvalue weighted by Crippen LogP contribution is -2.38. The maximum Gasteiger partial charge on any atom is 0.416 e. The Morgan fingerprint density at radius 1 is 1.17 bits per heavy atom. The summed E-state index contributed by atoms with van der Waals surface area (Å²) in [6.07, 6.45) is 9.09. The van der Waals surface area contributed by atoms with Crippen molar-refractivity contribution >= 4 is 23.4 Å². The lowest BCUT2D eigenvalue weighted by molar-refractivity contribution is 0.0575. The number of hydrogen-bond acceptors (Lipinski definition) is 6. The molecule has 0 saturated heterocycles. The zero-order valence-corrected chi connectivity index (χ0v) is 22.0. The number of rotatable bonds is 11. The van der Waals surface area contributed by atoms with Crippen LogP contribution in [0.3, 0.4) is 0 Å². The van der Waals surface area contributed by atoms with E-state index in [1.165, 1.54) is 25.7 Å². The number of anilines is 2. The zero-order valence-electron chi connectivity index (χ0n) is 22.0. The zero-order chi connectivity index (χ0) is 25.4. The van der Waals surface area contributed by atoms with Gasteiger partial charge in [-0.3, -0.25) is 9.88 Å². The Labute approximate surface area is 209 Å². The monoisotopic (exact) mass is 480 g/mol. The van der Waals surface area contributed by atoms with E-state index in [-0.39, 0.29) is 12.5 Å². The molecular weight excluding hydrogens is 440 g/mol. The van der Waals surface area contributed by atoms with Crippen LogP contribution in [0, 0.1) is 0 Å². The van der Waals surface area contributed by atoms with Gasteiger partial charge in [-0.15, -0.1) is 0 Å². The molecule has 190 valence electrons. The Bertz CT molecular complexity index is 1090. The number of ether oxygens (including phenoxy) is 1. The molecule has 0 aromatic carbocycles. The van der Waals surface area contributed by atoms with E-state index >= 15 is 0 Å². The fourth-order valence-electron chi connectivity index (χ4n) is 3.81. The molecule has 8 heteroatoms. The minimum absolute atomic E-state index is 0.239. The summed E-state index contributed by atoms with van der Waals surface area (Å²) in [6, 6.07) is 7.54. The molecule has 3 aromatic rings. The second kappa shape index (κ2) is 12.0. The minimum atomic E-state index is -0.641. The molecule has 8 nitrogen and oxygen atoms in total. The fourth-order valence-corrected chi connectivity index (χ4v) is 3.81. The van der Waals surface area contributed by atoms with E-state index in [4.69, 9.17) is 9.72 Å². The number of nitrogens with zero attached hydrogens (tertiary/aromatic N) is 5. The van der Waals surface area contributed by atoms with Crippen LogP contribution in [0.25, 0.3) is 5.65 Å². The average molecular weight is 481 g/mol. The Morgan fingerprint density at radius 2 is 1.94 bits per heavy atom. The highest BCUT2D eigenvalue weighted by molar-refractivity contribution is 5.88. The van der Waals surface area contributed by atoms with E-state index in [9.17, 15) is 4.79 Å². The molecule has 1 N–H and O–H groups in total. The average Bonchev–Trinajstić information content (AvgIpc) is 3.23. The van der Waals surface area contributed by atoms with E-state index in [2.05, 4.69) is 36.2 Å². The largest absolute Gasteiger partial charge is 0.443 e. The summed E-state index contributed by atoms with van der Waals surface area (Å²) >= 11 is 0. The van der Waals surface area contributed by atoms with Gasteiger partial charge in [0.05, 0.1) is 18.4 Å². The van der Waals surface area contributed by atoms with Gasteiger partial charge in [0.2, 0.25) is 0 Å². The Balaban J connectivity index is 2.00. The first-order valence-electron chi connectivity index (χ1n) is 12.7. The third-order valence-corrected chi connectivity index (χ3v) is 5.63. The number of carbonyl (C=O) groups excluding carboxylic acids is 1. The molecule has 0 atom stereocenters. The van der Waals surface area contributed by atoms with Crippen molar-refractivity contribution in [2.45, 2.75) is 91.7 Å². The Morgan fingerprint density at radius 3 is 2.60 bits per heavy atom. The molecule has 3 rings (SSSR count). The summed E-state index contributed by atoms with van der Waals surface area (Å²) in [7, 11) is 0. The van der Waals surface area contributed by atoms with Gasteiger partial charge in [0.1, 0.15) is 17.2 Å². The third kappa shape index (κ3) is 7.41. The van der Waals surface area contributed by atoms with Crippen LogP contribution < -0.4 is 10.2 Å². The maximum atomic E-state index is 13.4. The van der Waals surface area contributed by atoms with Gasteiger partial charge >= 0.3 is 6.09 Å². The standard InChI is InChI=1S/C27H40N6O2/c1-7-8-9-10-12-16-29-23-17-24(33-25(31-23)22(18-30-33)20(2)3)32(26(34)35-27(4,5)6)19-21-14-11-13-15-28-21/h11,13-15,17-18,20H,7-10,12,16,19H2,1-6H3,(H,29,31). The highest BCUT2D eigenvalue weighted by Gasteiger charge is 2.27. The van der Waals surface area contributed by atoms with E-state index < -0.39 is 11.7 Å². The van der Waals surface area contributed by atoms with Crippen molar-refractivity contribution in [2.75, 3.05) is 16.8 Å². The number of amides is 1. The van der Waals surface area contributed by atoms with Crippen LogP contribution in [-0.4, -0.2) is 37.8 Å². The predicted molar refractivity (Wildman–Crippen MR) is 141 cm³/mol. The molecule has 0 aliphatic heterocycles. The van der Waals surface area contributed by atoms with Crippen LogP contribution in [-0.2, 0) is 11.3 Å². The van der Waals surface area contributed by atoms with Crippen molar-refractivity contribution in [3.05, 3.63) is 47.9 Å². The first kappa shape index (κ1) is 26.4. The summed E-state index contributed by atoms with van der Waals surface area (Å²) in [6.45, 7) is 13.1. The molecule has 0 saturated carbocycles. The number of hydrogen-bond donors (Lipinski definition) is 1. The highest BCUT2D eigenvalue weighted by atomic mass is 16.6. The van der Waals surface area contributed by atoms with Gasteiger partial charge in [0, 0.05) is 24.4 Å². The number of unbranched alkanes of at least 4 members (excludes halogenated alkanes) is 4. The quantitative estimate of drug-likeness (QED) is 0.312. The summed E-state index contributed by atoms with van der Waals surface area (Å²) in [5, 5.41) is 8.08. The van der Waals surface area contributed by atoms with Gasteiger partial charge in [-0.1, -0.05) is 52.5 Å². The van der Waals surface area contributed by atoms with Crippen molar-refractivity contribution < 1.29 is 9.53 Å². The summed E-state index contributed by atoms with van der Waals surface area (Å²) < 4.78 is 7.51. The minimum Gasteiger partial charge on any atom is -0.443 e. The Hall–Kier alpha value is -3.16. The number of nitrogens with one attached hydrogen (secondary N) is 1. The van der Waals surface area contributed by atoms with Crippen LogP contribution >= 0.6 is 0 Å². The molecule has 35 heavy (non-hydrogen) atoms. The molecule has 0 radical (unpaired) electrons. The second-order valence-electron chi connectivity index (χ2n) is 10.2. The molecule has 0 unspecified atom stereocenters. The van der Waals surface area contributed by atoms with E-state index in [0.29, 0.717) is 5.82 Å². The van der Waals surface area contributed by atoms with Crippen LogP contribution in [0.2, 0.25) is 0 Å². The van der Waals surface area contributed by atoms with Crippen molar-refractivity contribution in [1.29, 1.82) is 0 Å². The molecule has 3 heterocycles. The van der Waals surface area contributed by atoms with E-state index in [1.54, 1.807) is 15.6 Å². The molecule has 3 aromatic heterocycles. The maximum absolute atomic E-state index is 13.4. The fraction of sp³-hybridized carbons (Fsp3) is 0.556. The van der Waals surface area contributed by atoms with Crippen molar-refractivity contribution in [3.63, 3.8) is 0 Å². The lowest BCUT2D eigenvalue weighted by atomic mass is 10.1. The van der Waals surface area contributed by atoms with Gasteiger partial charge in [0.15, 0.2) is 5.65 Å². The second-order valence-corrected chi connectivity index (χ2v) is 10.2. The number of carbonyl (C=O) groups is 1. The molecule has 0 fully saturated rings. The van der Waals surface area contributed by atoms with Gasteiger partial charge in [0.25, 0.3) is 0 Å². The molecule has 0 aliphatic rings. The molecule has 0 bridgehead atoms. The Kier molecular flexibility index (Phi) is 9.07. The van der Waals surface area contributed by atoms with Gasteiger partial charge < -0.3 is 10.1 Å². The molecule has 0 spiro atoms. The predicted octanol–water partition coefficient (Wildman–Crippen LogP) is 6.57. The van der Waals surface area contributed by atoms with Crippen LogP contribution in [0.5, 0.6) is 0 Å². The molecule has 0 aliphatic carbocycles. The lowest BCUT2D eigenvalue weighted by Gasteiger charge is -2.27. The van der Waals surface area contributed by atoms with Gasteiger partial charge in [-0.05, 0) is 45.2 Å². The van der Waals surface area contributed by atoms with Crippen LogP contribution in [0.4, 0.5) is 16.4 Å². The number of pyridine rings is 1. The molecular formula is C27H40N6O2. The van der Waals surface area contributed by atoms with Crippen LogP contribution in [0.1, 0.15) is 90.8 Å². The smallest absolute Gasteiger partial charge is 0.416 e. The molecule has 1 amide bonds. The summed E-state index contributed by atoms with van der Waals surface area (Å²) in [4.78, 5) is 24.3. The third-order valence-electron chi connectivity index (χ3n) is 5.63. The normalized spacial score (nSPS) is 11.7. The van der Waals surface area contributed by atoms with Crippen molar-refractivity contribution in [2.24, 2.45) is 0 Å². The van der Waals surface area contributed by atoms with E-state index in [1.807, 2.05) is 51.2 Å². The van der Waals surface area contributed by atoms with Gasteiger partial charge in [-0.25, -0.2) is 9.78 Å². The van der Waals surface area contributed by atoms with Gasteiger partial charge in [-0.2, -0.15) is 9.61 Å². The topological polar surface area (TPSA) is 84.7 Å². The first-order valence-corrected chi connectivity index (χ1v) is 12.7. The summed E-state index contributed by atoms with van der Waals surface area (Å²) in [5.74, 6) is 1.55. The highest BCUT2D eigenvalue weighted by Crippen LogP contribution is 2.28. The SMILES string of the molecule is CCCCCCCNc1cc(N(Cc2ccccn2)C(=O)OC(C)(C)C)n2ncc(C(C)C)c2n1. The number of fused-ring (bicyclic) bond motifs is 1.